The molecule has 0 bridgehead atoms. The van der Waals surface area contributed by atoms with Crippen LogP contribution in [0, 0.1) is 0 Å². The van der Waals surface area contributed by atoms with Crippen LogP contribution in [0.4, 0.5) is 0 Å². The summed E-state index contributed by atoms with van der Waals surface area (Å²) in [5, 5.41) is 3.36. The minimum atomic E-state index is 0. The number of unbranched alkanes of at least 4 members (excludes halogenated alkanes) is 16. The third-order valence-corrected chi connectivity index (χ3v) is 7.88. The highest BCUT2D eigenvalue weighted by Gasteiger charge is 2.14. The van der Waals surface area contributed by atoms with Crippen LogP contribution in [0.1, 0.15) is 142 Å². The van der Waals surface area contributed by atoms with Crippen molar-refractivity contribution in [2.24, 2.45) is 0 Å². The van der Waals surface area contributed by atoms with Crippen LogP contribution in [0.5, 0.6) is 0 Å². The lowest BCUT2D eigenvalue weighted by Crippen LogP contribution is -3.00. The standard InChI is InChI=1S/C30H60N2O2S.BrH/c1-5-6-7-8-9-10-12-15-18-21-26-32(3,4)27-23-25-31-30(34)24-20-17-14-11-13-16-19-22-28-35-29(2)33;/h5-28H2,1-4H3;1H. The second kappa shape index (κ2) is 28.0. The zero-order valence-electron chi connectivity index (χ0n) is 24.5. The van der Waals surface area contributed by atoms with E-state index in [9.17, 15) is 9.59 Å². The van der Waals surface area contributed by atoms with Crippen LogP contribution in [-0.2, 0) is 9.59 Å². The van der Waals surface area contributed by atoms with E-state index in [1.165, 1.54) is 115 Å². The minimum Gasteiger partial charge on any atom is -1.00 e. The minimum absolute atomic E-state index is 0. The van der Waals surface area contributed by atoms with Crippen molar-refractivity contribution in [1.29, 1.82) is 0 Å². The van der Waals surface area contributed by atoms with E-state index in [-0.39, 0.29) is 28.0 Å². The predicted molar refractivity (Wildman–Crippen MR) is 156 cm³/mol. The van der Waals surface area contributed by atoms with Crippen molar-refractivity contribution in [3.05, 3.63) is 0 Å². The number of rotatable bonds is 26. The maximum atomic E-state index is 12.1. The maximum Gasteiger partial charge on any atom is 0.219 e. The summed E-state index contributed by atoms with van der Waals surface area (Å²) < 4.78 is 1.07. The van der Waals surface area contributed by atoms with Gasteiger partial charge in [-0.05, 0) is 25.7 Å². The highest BCUT2D eigenvalue weighted by Crippen LogP contribution is 2.13. The molecular weight excluding hydrogens is 532 g/mol. The van der Waals surface area contributed by atoms with Gasteiger partial charge in [-0.15, -0.1) is 0 Å². The first-order valence-corrected chi connectivity index (χ1v) is 16.1. The molecule has 4 nitrogen and oxygen atoms in total. The van der Waals surface area contributed by atoms with Crippen LogP contribution in [-0.4, -0.2) is 55.0 Å². The zero-order chi connectivity index (χ0) is 26.0. The van der Waals surface area contributed by atoms with Gasteiger partial charge >= 0.3 is 0 Å². The molecule has 0 unspecified atom stereocenters. The zero-order valence-corrected chi connectivity index (χ0v) is 26.9. The number of hydrogen-bond donors (Lipinski definition) is 1. The Labute approximate surface area is 240 Å². The van der Waals surface area contributed by atoms with E-state index >= 15 is 0 Å². The molecule has 0 aromatic heterocycles. The molecule has 1 N–H and O–H groups in total. The average Bonchev–Trinajstić information content (AvgIpc) is 2.81. The Morgan fingerprint density at radius 1 is 0.639 bits per heavy atom. The summed E-state index contributed by atoms with van der Waals surface area (Å²) >= 11 is 1.45. The molecule has 0 aromatic carbocycles. The number of amides is 1. The Morgan fingerprint density at radius 2 is 1.08 bits per heavy atom. The summed E-state index contributed by atoms with van der Waals surface area (Å²) in [5.41, 5.74) is 0. The molecule has 6 heteroatoms. The van der Waals surface area contributed by atoms with Gasteiger partial charge < -0.3 is 26.8 Å². The smallest absolute Gasteiger partial charge is 0.219 e. The molecule has 0 aliphatic rings. The Kier molecular flexibility index (Phi) is 29.6. The molecule has 1 amide bonds. The molecule has 36 heavy (non-hydrogen) atoms. The Morgan fingerprint density at radius 3 is 1.61 bits per heavy atom. The lowest BCUT2D eigenvalue weighted by atomic mass is 10.1. The van der Waals surface area contributed by atoms with Crippen molar-refractivity contribution in [3.8, 4) is 0 Å². The summed E-state index contributed by atoms with van der Waals surface area (Å²) in [7, 11) is 4.67. The number of nitrogens with zero attached hydrogens (tertiary/aromatic N) is 1. The quantitative estimate of drug-likeness (QED) is 0.110. The average molecular weight is 594 g/mol. The lowest BCUT2D eigenvalue weighted by Gasteiger charge is -2.30. The molecule has 0 aliphatic carbocycles. The topological polar surface area (TPSA) is 46.2 Å². The van der Waals surface area contributed by atoms with Gasteiger partial charge in [-0.3, -0.25) is 9.59 Å². The molecule has 0 aliphatic heterocycles. The number of nitrogens with one attached hydrogen (secondary N) is 1. The molecule has 0 fully saturated rings. The number of thioether (sulfide) groups is 1. The summed E-state index contributed by atoms with van der Waals surface area (Å²) in [6, 6.07) is 0. The largest absolute Gasteiger partial charge is 1.00 e. The lowest BCUT2D eigenvalue weighted by molar-refractivity contribution is -0.890. The van der Waals surface area contributed by atoms with Gasteiger partial charge in [-0.25, -0.2) is 0 Å². The fourth-order valence-electron chi connectivity index (χ4n) is 4.63. The van der Waals surface area contributed by atoms with Gasteiger partial charge in [0.1, 0.15) is 0 Å². The maximum absolute atomic E-state index is 12.1. The van der Waals surface area contributed by atoms with E-state index in [4.69, 9.17) is 0 Å². The van der Waals surface area contributed by atoms with Crippen molar-refractivity contribution >= 4 is 22.8 Å². The van der Waals surface area contributed by atoms with Crippen LogP contribution in [0.15, 0.2) is 0 Å². The van der Waals surface area contributed by atoms with E-state index < -0.39 is 0 Å². The molecule has 0 saturated carbocycles. The number of carbonyl (C=O) groups is 2. The Balaban J connectivity index is 0. The Hall–Kier alpha value is -0.0700. The van der Waals surface area contributed by atoms with E-state index in [0.29, 0.717) is 6.42 Å². The molecule has 0 spiro atoms. The van der Waals surface area contributed by atoms with Crippen molar-refractivity contribution in [1.82, 2.24) is 5.32 Å². The van der Waals surface area contributed by atoms with Gasteiger partial charge in [0.15, 0.2) is 5.12 Å². The monoisotopic (exact) mass is 592 g/mol. The molecule has 0 aromatic rings. The fourth-order valence-corrected chi connectivity index (χ4v) is 5.26. The van der Waals surface area contributed by atoms with Gasteiger partial charge in [0.25, 0.3) is 0 Å². The first-order valence-electron chi connectivity index (χ1n) is 15.1. The molecule has 0 radical (unpaired) electrons. The van der Waals surface area contributed by atoms with Gasteiger partial charge in [0.05, 0.1) is 27.2 Å². The highest BCUT2D eigenvalue weighted by atomic mass is 79.9. The molecule has 216 valence electrons. The van der Waals surface area contributed by atoms with Crippen LogP contribution in [0.3, 0.4) is 0 Å². The third-order valence-electron chi connectivity index (χ3n) is 6.98. The number of quaternary nitrogens is 1. The third kappa shape index (κ3) is 30.2. The fraction of sp³-hybridized carbons (Fsp3) is 0.933. The summed E-state index contributed by atoms with van der Waals surface area (Å²) in [4.78, 5) is 22.9. The summed E-state index contributed by atoms with van der Waals surface area (Å²) in [6.07, 6.45) is 25.3. The SMILES string of the molecule is CCCCCCCCCCCC[N+](C)(C)CCCNC(=O)CCCCCCCCCCSC(C)=O.[Br-]. The molecule has 0 rings (SSSR count). The second-order valence-corrected chi connectivity index (χ2v) is 12.5. The normalized spacial score (nSPS) is 11.3. The second-order valence-electron chi connectivity index (χ2n) is 11.2. The van der Waals surface area contributed by atoms with Crippen molar-refractivity contribution in [2.75, 3.05) is 39.5 Å². The van der Waals surface area contributed by atoms with Gasteiger partial charge in [0, 0.05) is 32.1 Å². The van der Waals surface area contributed by atoms with E-state index in [0.717, 1.165) is 49.0 Å². The van der Waals surface area contributed by atoms with E-state index in [1.807, 2.05) is 0 Å². The first-order chi connectivity index (χ1) is 16.9. The van der Waals surface area contributed by atoms with Crippen molar-refractivity contribution in [2.45, 2.75) is 142 Å². The van der Waals surface area contributed by atoms with Crippen LogP contribution < -0.4 is 22.3 Å². The molecule has 0 atom stereocenters. The van der Waals surface area contributed by atoms with Crippen LogP contribution >= 0.6 is 11.8 Å². The summed E-state index contributed by atoms with van der Waals surface area (Å²) in [5.74, 6) is 1.20. The molecule has 0 heterocycles. The number of hydrogen-bond acceptors (Lipinski definition) is 3. The predicted octanol–water partition coefficient (Wildman–Crippen LogP) is 5.28. The number of halogens is 1. The van der Waals surface area contributed by atoms with E-state index in [2.05, 4.69) is 26.3 Å². The molecule has 0 saturated heterocycles. The van der Waals surface area contributed by atoms with Crippen molar-refractivity contribution < 1.29 is 31.1 Å². The highest BCUT2D eigenvalue weighted by molar-refractivity contribution is 8.13. The first kappa shape index (κ1) is 38.1. The van der Waals surface area contributed by atoms with Gasteiger partial charge in [-0.1, -0.05) is 109 Å². The van der Waals surface area contributed by atoms with Crippen molar-refractivity contribution in [3.63, 3.8) is 0 Å². The molecular formula is C30H61BrN2O2S. The summed E-state index contributed by atoms with van der Waals surface area (Å²) in [6.45, 7) is 7.14. The Bertz CT molecular complexity index is 503. The number of carbonyl (C=O) groups excluding carboxylic acids is 2. The van der Waals surface area contributed by atoms with E-state index in [1.54, 1.807) is 6.92 Å². The van der Waals surface area contributed by atoms with Gasteiger partial charge in [-0.2, -0.15) is 0 Å². The van der Waals surface area contributed by atoms with Gasteiger partial charge in [0.2, 0.25) is 5.91 Å². The van der Waals surface area contributed by atoms with Crippen LogP contribution in [0.25, 0.3) is 0 Å². The van der Waals surface area contributed by atoms with Crippen LogP contribution in [0.2, 0.25) is 0 Å².